The van der Waals surface area contributed by atoms with E-state index in [1.54, 1.807) is 0 Å². The first kappa shape index (κ1) is 13.3. The van der Waals surface area contributed by atoms with E-state index in [-0.39, 0.29) is 0 Å². The van der Waals surface area contributed by atoms with E-state index in [0.717, 1.165) is 6.42 Å². The molecule has 0 aromatic carbocycles. The Morgan fingerprint density at radius 2 is 2.19 bits per heavy atom. The lowest BCUT2D eigenvalue weighted by Gasteiger charge is -2.36. The Morgan fingerprint density at radius 3 is 2.75 bits per heavy atom. The summed E-state index contributed by atoms with van der Waals surface area (Å²) < 4.78 is 0. The zero-order chi connectivity index (χ0) is 12.2. The molecule has 0 N–H and O–H groups in total. The molecule has 1 aliphatic rings. The van der Waals surface area contributed by atoms with Crippen molar-refractivity contribution in [1.82, 2.24) is 0 Å². The smallest absolute Gasteiger partial charge is 0.00285 e. The Kier molecular flexibility index (Phi) is 4.58. The molecule has 1 rings (SSSR count). The molecule has 1 unspecified atom stereocenters. The van der Waals surface area contributed by atoms with Crippen molar-refractivity contribution >= 4 is 0 Å². The van der Waals surface area contributed by atoms with Crippen LogP contribution in [-0.4, -0.2) is 0 Å². The van der Waals surface area contributed by atoms with Crippen molar-refractivity contribution in [3.8, 4) is 0 Å². The molecule has 0 heterocycles. The van der Waals surface area contributed by atoms with Gasteiger partial charge in [0.05, 0.1) is 0 Å². The van der Waals surface area contributed by atoms with Gasteiger partial charge in [-0.1, -0.05) is 56.2 Å². The highest BCUT2D eigenvalue weighted by atomic mass is 14.3. The van der Waals surface area contributed by atoms with Crippen LogP contribution in [0, 0.1) is 11.3 Å². The van der Waals surface area contributed by atoms with E-state index < -0.39 is 0 Å². The fourth-order valence-corrected chi connectivity index (χ4v) is 2.62. The second-order valence-corrected chi connectivity index (χ2v) is 5.67. The minimum Gasteiger partial charge on any atom is -0.0850 e. The Morgan fingerprint density at radius 1 is 1.50 bits per heavy atom. The summed E-state index contributed by atoms with van der Waals surface area (Å²) in [6.07, 6.45) is 13.0. The van der Waals surface area contributed by atoms with Crippen molar-refractivity contribution in [2.24, 2.45) is 11.3 Å². The van der Waals surface area contributed by atoms with E-state index >= 15 is 0 Å². The monoisotopic (exact) mass is 218 g/mol. The molecule has 0 aromatic rings. The van der Waals surface area contributed by atoms with Crippen LogP contribution >= 0.6 is 0 Å². The van der Waals surface area contributed by atoms with Gasteiger partial charge in [0.25, 0.3) is 0 Å². The van der Waals surface area contributed by atoms with Gasteiger partial charge in [-0.25, -0.2) is 0 Å². The summed E-state index contributed by atoms with van der Waals surface area (Å²) >= 11 is 0. The molecule has 90 valence electrons. The van der Waals surface area contributed by atoms with Crippen LogP contribution in [0.4, 0.5) is 0 Å². The molecular formula is C16H26. The van der Waals surface area contributed by atoms with Crippen molar-refractivity contribution in [2.75, 3.05) is 0 Å². The Labute approximate surface area is 101 Å². The summed E-state index contributed by atoms with van der Waals surface area (Å²) in [5, 5.41) is 0. The van der Waals surface area contributed by atoms with E-state index in [1.165, 1.54) is 24.0 Å². The van der Waals surface area contributed by atoms with Crippen LogP contribution in [0.2, 0.25) is 0 Å². The van der Waals surface area contributed by atoms with Crippen LogP contribution in [0.15, 0.2) is 35.5 Å². The first-order valence-electron chi connectivity index (χ1n) is 6.49. The van der Waals surface area contributed by atoms with Gasteiger partial charge in [0.15, 0.2) is 0 Å². The second kappa shape index (κ2) is 5.52. The predicted octanol–water partition coefficient (Wildman–Crippen LogP) is 5.28. The van der Waals surface area contributed by atoms with Crippen molar-refractivity contribution in [1.29, 1.82) is 0 Å². The molecule has 0 saturated heterocycles. The fraction of sp³-hybridized carbons (Fsp3) is 0.625. The summed E-state index contributed by atoms with van der Waals surface area (Å²) in [4.78, 5) is 0. The molecule has 1 atom stereocenters. The first-order chi connectivity index (χ1) is 7.47. The molecule has 0 aliphatic heterocycles. The normalized spacial score (nSPS) is 25.9. The van der Waals surface area contributed by atoms with Crippen molar-refractivity contribution in [2.45, 2.75) is 53.9 Å². The third-order valence-electron chi connectivity index (χ3n) is 3.67. The maximum atomic E-state index is 2.40. The van der Waals surface area contributed by atoms with Crippen LogP contribution in [0.1, 0.15) is 53.9 Å². The maximum absolute atomic E-state index is 2.40. The summed E-state index contributed by atoms with van der Waals surface area (Å²) in [6.45, 7) is 11.4. The van der Waals surface area contributed by atoms with Crippen LogP contribution < -0.4 is 0 Å². The van der Waals surface area contributed by atoms with Crippen LogP contribution in [-0.2, 0) is 0 Å². The Bertz CT molecular complexity index is 313. The maximum Gasteiger partial charge on any atom is 0.00285 e. The third-order valence-corrected chi connectivity index (χ3v) is 3.67. The Balaban J connectivity index is 2.81. The zero-order valence-corrected chi connectivity index (χ0v) is 11.5. The van der Waals surface area contributed by atoms with E-state index in [9.17, 15) is 0 Å². The molecule has 0 nitrogen and oxygen atoms in total. The molecule has 0 aromatic heterocycles. The minimum absolute atomic E-state index is 0.418. The lowest BCUT2D eigenvalue weighted by atomic mass is 9.68. The standard InChI is InChI=1S/C16H26/c1-6-8-13(2)10-11-15-14(3)9-7-12-16(15,4)5/h8-11,15H,6-7,12H2,1-5H3. The average molecular weight is 218 g/mol. The predicted molar refractivity (Wildman–Crippen MR) is 73.5 cm³/mol. The number of hydrogen-bond donors (Lipinski definition) is 0. The number of allylic oxidation sites excluding steroid dienone is 6. The van der Waals surface area contributed by atoms with Crippen LogP contribution in [0.3, 0.4) is 0 Å². The largest absolute Gasteiger partial charge is 0.0850 e. The van der Waals surface area contributed by atoms with Crippen molar-refractivity contribution < 1.29 is 0 Å². The van der Waals surface area contributed by atoms with Crippen LogP contribution in [0.5, 0.6) is 0 Å². The van der Waals surface area contributed by atoms with Gasteiger partial charge in [0.1, 0.15) is 0 Å². The van der Waals surface area contributed by atoms with Gasteiger partial charge >= 0.3 is 0 Å². The molecule has 0 amide bonds. The first-order valence-corrected chi connectivity index (χ1v) is 6.49. The lowest BCUT2D eigenvalue weighted by molar-refractivity contribution is 0.255. The Hall–Kier alpha value is -0.780. The topological polar surface area (TPSA) is 0 Å². The van der Waals surface area contributed by atoms with E-state index in [2.05, 4.69) is 58.9 Å². The molecule has 0 fully saturated rings. The summed E-state index contributed by atoms with van der Waals surface area (Å²) in [7, 11) is 0. The van der Waals surface area contributed by atoms with Gasteiger partial charge in [-0.2, -0.15) is 0 Å². The highest BCUT2D eigenvalue weighted by Crippen LogP contribution is 2.41. The van der Waals surface area contributed by atoms with Crippen LogP contribution in [0.25, 0.3) is 0 Å². The molecule has 0 heteroatoms. The van der Waals surface area contributed by atoms with Gasteiger partial charge in [0.2, 0.25) is 0 Å². The van der Waals surface area contributed by atoms with Gasteiger partial charge in [-0.05, 0) is 38.5 Å². The molecule has 0 spiro atoms. The minimum atomic E-state index is 0.418. The highest BCUT2D eigenvalue weighted by molar-refractivity contribution is 5.24. The second-order valence-electron chi connectivity index (χ2n) is 5.67. The SMILES string of the molecule is CCC=C(C)C=CC1C(C)=CCCC1(C)C. The van der Waals surface area contributed by atoms with Crippen molar-refractivity contribution in [3.63, 3.8) is 0 Å². The molecule has 0 bridgehead atoms. The van der Waals surface area contributed by atoms with Gasteiger partial charge in [0, 0.05) is 5.92 Å². The van der Waals surface area contributed by atoms with E-state index in [1.807, 2.05) is 0 Å². The molecule has 1 aliphatic carbocycles. The lowest BCUT2D eigenvalue weighted by Crippen LogP contribution is -2.26. The van der Waals surface area contributed by atoms with E-state index in [0.29, 0.717) is 11.3 Å². The summed E-state index contributed by atoms with van der Waals surface area (Å²) in [6, 6.07) is 0. The zero-order valence-electron chi connectivity index (χ0n) is 11.5. The quantitative estimate of drug-likeness (QED) is 0.446. The summed E-state index contributed by atoms with van der Waals surface area (Å²) in [5.74, 6) is 0.612. The van der Waals surface area contributed by atoms with E-state index in [4.69, 9.17) is 0 Å². The van der Waals surface area contributed by atoms with Crippen molar-refractivity contribution in [3.05, 3.63) is 35.5 Å². The molecule has 16 heavy (non-hydrogen) atoms. The summed E-state index contributed by atoms with van der Waals surface area (Å²) in [5.41, 5.74) is 3.34. The average Bonchev–Trinajstić information content (AvgIpc) is 2.16. The van der Waals surface area contributed by atoms with Gasteiger partial charge in [-0.15, -0.1) is 0 Å². The van der Waals surface area contributed by atoms with Gasteiger partial charge in [-0.3, -0.25) is 0 Å². The third kappa shape index (κ3) is 3.37. The number of rotatable bonds is 3. The van der Waals surface area contributed by atoms with Gasteiger partial charge < -0.3 is 0 Å². The number of hydrogen-bond acceptors (Lipinski definition) is 0. The molecule has 0 saturated carbocycles. The molecule has 0 radical (unpaired) electrons. The highest BCUT2D eigenvalue weighted by Gasteiger charge is 2.30. The fourth-order valence-electron chi connectivity index (χ4n) is 2.62. The molecular weight excluding hydrogens is 192 g/mol.